The molecule has 130 valence electrons. The summed E-state index contributed by atoms with van der Waals surface area (Å²) in [6.45, 7) is 0.614. The molecule has 0 radical (unpaired) electrons. The summed E-state index contributed by atoms with van der Waals surface area (Å²) in [4.78, 5) is 0. The van der Waals surface area contributed by atoms with Gasteiger partial charge in [0.25, 0.3) is 0 Å². The van der Waals surface area contributed by atoms with Crippen LogP contribution in [0.5, 0.6) is 0 Å². The summed E-state index contributed by atoms with van der Waals surface area (Å²) in [5.41, 5.74) is 0.828. The molecule has 3 aliphatic rings. The van der Waals surface area contributed by atoms with Gasteiger partial charge in [0.2, 0.25) is 0 Å². The van der Waals surface area contributed by atoms with Gasteiger partial charge >= 0.3 is 6.18 Å². The van der Waals surface area contributed by atoms with E-state index in [1.165, 1.54) is 6.07 Å². The van der Waals surface area contributed by atoms with Crippen LogP contribution in [0.1, 0.15) is 36.5 Å². The number of alkyl halides is 3. The predicted molar refractivity (Wildman–Crippen MR) is 93.3 cm³/mol. The molecule has 0 spiro atoms. The highest BCUT2D eigenvalue weighted by Crippen LogP contribution is 2.50. The molecule has 1 aromatic carbocycles. The third kappa shape index (κ3) is 2.99. The molecule has 1 aromatic rings. The van der Waals surface area contributed by atoms with E-state index in [4.69, 9.17) is 4.74 Å². The first-order valence-electron chi connectivity index (χ1n) is 8.05. The van der Waals surface area contributed by atoms with Gasteiger partial charge in [-0.3, -0.25) is 0 Å². The number of allylic oxidation sites excluding steroid dienone is 1. The van der Waals surface area contributed by atoms with Crippen molar-refractivity contribution in [2.24, 2.45) is 5.92 Å². The molecule has 7 heteroatoms. The van der Waals surface area contributed by atoms with Crippen molar-refractivity contribution in [1.82, 2.24) is 0 Å². The van der Waals surface area contributed by atoms with Crippen LogP contribution in [0.15, 0.2) is 28.1 Å². The highest BCUT2D eigenvalue weighted by molar-refractivity contribution is 9.14. The second-order valence-electron chi connectivity index (χ2n) is 6.47. The van der Waals surface area contributed by atoms with Gasteiger partial charge in [0.15, 0.2) is 0 Å². The lowest BCUT2D eigenvalue weighted by Gasteiger charge is -2.45. The molecule has 0 aromatic heterocycles. The number of nitrogens with one attached hydrogen (secondary N) is 1. The van der Waals surface area contributed by atoms with Gasteiger partial charge < -0.3 is 10.1 Å². The summed E-state index contributed by atoms with van der Waals surface area (Å²) in [6.07, 6.45) is 0.487. The maximum absolute atomic E-state index is 13.1. The van der Waals surface area contributed by atoms with Gasteiger partial charge in [-0.1, -0.05) is 6.08 Å². The maximum atomic E-state index is 13.1. The highest BCUT2D eigenvalue weighted by Gasteiger charge is 2.44. The summed E-state index contributed by atoms with van der Waals surface area (Å²) in [7, 11) is 0. The Hall–Kier alpha value is -0.660. The zero-order chi connectivity index (χ0) is 16.9. The van der Waals surface area contributed by atoms with Crippen molar-refractivity contribution < 1.29 is 17.9 Å². The molecule has 1 saturated heterocycles. The normalized spacial score (nSPS) is 32.6. The maximum Gasteiger partial charge on any atom is 0.416 e. The van der Waals surface area contributed by atoms with Crippen LogP contribution in [0.25, 0.3) is 0 Å². The summed E-state index contributed by atoms with van der Waals surface area (Å²) in [5, 5.41) is 3.89. The smallest absolute Gasteiger partial charge is 0.380 e. The summed E-state index contributed by atoms with van der Waals surface area (Å²) in [6, 6.07) is 4.18. The Morgan fingerprint density at radius 2 is 2.12 bits per heavy atom. The molecule has 2 nitrogen and oxygen atoms in total. The molecule has 1 unspecified atom stereocenters. The standard InChI is InChI=1S/C17H17BrF3NOS/c18-14-6-5-13(24-14)15-10-2-1-7-23-16(10)11-8-9(17(19,20)21)3-4-12(11)22-15/h3-4,6,8,10,13,15-16,22H,1-2,5,7H2/t10-,13+,15?,16-/m0/s1. The number of fused-ring (bicyclic) bond motifs is 3. The molecule has 0 saturated carbocycles. The number of halogens is 4. The molecule has 1 N–H and O–H groups in total. The summed E-state index contributed by atoms with van der Waals surface area (Å²) >= 11 is 5.33. The molecule has 0 amide bonds. The Labute approximate surface area is 151 Å². The van der Waals surface area contributed by atoms with Crippen LogP contribution in [0, 0.1) is 5.92 Å². The van der Waals surface area contributed by atoms with Gasteiger partial charge in [0.1, 0.15) is 0 Å². The Bertz CT molecular complexity index is 678. The average molecular weight is 420 g/mol. The van der Waals surface area contributed by atoms with Gasteiger partial charge in [0, 0.05) is 38.9 Å². The van der Waals surface area contributed by atoms with E-state index in [-0.39, 0.29) is 18.1 Å². The van der Waals surface area contributed by atoms with Gasteiger partial charge in [-0.2, -0.15) is 13.2 Å². The van der Waals surface area contributed by atoms with E-state index >= 15 is 0 Å². The monoisotopic (exact) mass is 419 g/mol. The molecule has 3 heterocycles. The Morgan fingerprint density at radius 3 is 2.83 bits per heavy atom. The minimum Gasteiger partial charge on any atom is -0.380 e. The number of thioether (sulfide) groups is 1. The van der Waals surface area contributed by atoms with Crippen LogP contribution in [0.4, 0.5) is 18.9 Å². The van der Waals surface area contributed by atoms with Crippen LogP contribution in [-0.4, -0.2) is 17.9 Å². The Morgan fingerprint density at radius 1 is 1.29 bits per heavy atom. The zero-order valence-corrected chi connectivity index (χ0v) is 15.2. The first kappa shape index (κ1) is 16.8. The number of ether oxygens (including phenoxy) is 1. The van der Waals surface area contributed by atoms with Crippen molar-refractivity contribution in [3.63, 3.8) is 0 Å². The number of hydrogen-bond acceptors (Lipinski definition) is 3. The minimum atomic E-state index is -4.33. The number of hydrogen-bond donors (Lipinski definition) is 1. The molecule has 24 heavy (non-hydrogen) atoms. The Kier molecular flexibility index (Phi) is 4.37. The van der Waals surface area contributed by atoms with E-state index < -0.39 is 11.7 Å². The first-order valence-corrected chi connectivity index (χ1v) is 9.72. The van der Waals surface area contributed by atoms with Crippen molar-refractivity contribution in [1.29, 1.82) is 0 Å². The summed E-state index contributed by atoms with van der Waals surface area (Å²) < 4.78 is 46.3. The zero-order valence-electron chi connectivity index (χ0n) is 12.8. The fourth-order valence-corrected chi connectivity index (χ4v) is 5.92. The predicted octanol–water partition coefficient (Wildman–Crippen LogP) is 5.71. The molecule has 0 bridgehead atoms. The van der Waals surface area contributed by atoms with Crippen LogP contribution in [0.2, 0.25) is 0 Å². The van der Waals surface area contributed by atoms with Crippen LogP contribution < -0.4 is 5.32 Å². The lowest BCUT2D eigenvalue weighted by atomic mass is 9.78. The van der Waals surface area contributed by atoms with Crippen molar-refractivity contribution in [2.75, 3.05) is 11.9 Å². The molecule has 3 aliphatic heterocycles. The third-order valence-electron chi connectivity index (χ3n) is 5.01. The van der Waals surface area contributed by atoms with Crippen LogP contribution >= 0.6 is 27.7 Å². The van der Waals surface area contributed by atoms with Gasteiger partial charge in [-0.15, -0.1) is 11.8 Å². The molecule has 0 aliphatic carbocycles. The van der Waals surface area contributed by atoms with Crippen molar-refractivity contribution >= 4 is 33.4 Å². The van der Waals surface area contributed by atoms with E-state index in [0.29, 0.717) is 17.4 Å². The second-order valence-corrected chi connectivity index (χ2v) is 9.13. The van der Waals surface area contributed by atoms with E-state index in [1.807, 2.05) is 0 Å². The van der Waals surface area contributed by atoms with E-state index in [2.05, 4.69) is 27.3 Å². The fraction of sp³-hybridized carbons (Fsp3) is 0.529. The van der Waals surface area contributed by atoms with Crippen LogP contribution in [0.3, 0.4) is 0 Å². The lowest BCUT2D eigenvalue weighted by molar-refractivity contribution is -0.137. The van der Waals surface area contributed by atoms with Crippen molar-refractivity contribution in [2.45, 2.75) is 42.8 Å². The van der Waals surface area contributed by atoms with Crippen LogP contribution in [-0.2, 0) is 10.9 Å². The largest absolute Gasteiger partial charge is 0.416 e. The second kappa shape index (κ2) is 6.25. The quantitative estimate of drug-likeness (QED) is 0.629. The van der Waals surface area contributed by atoms with Gasteiger partial charge in [-0.25, -0.2) is 0 Å². The van der Waals surface area contributed by atoms with Crippen molar-refractivity contribution in [3.05, 3.63) is 39.2 Å². The Balaban J connectivity index is 1.69. The molecular formula is C17H17BrF3NOS. The van der Waals surface area contributed by atoms with Gasteiger partial charge in [-0.05, 0) is 53.4 Å². The number of rotatable bonds is 1. The van der Waals surface area contributed by atoms with Gasteiger partial charge in [0.05, 0.1) is 11.7 Å². The highest BCUT2D eigenvalue weighted by atomic mass is 79.9. The lowest BCUT2D eigenvalue weighted by Crippen LogP contribution is -2.46. The van der Waals surface area contributed by atoms with Crippen molar-refractivity contribution in [3.8, 4) is 0 Å². The third-order valence-corrected chi connectivity index (χ3v) is 7.08. The first-order chi connectivity index (χ1) is 11.4. The topological polar surface area (TPSA) is 21.3 Å². The van der Waals surface area contributed by atoms with E-state index in [9.17, 15) is 13.2 Å². The van der Waals surface area contributed by atoms with E-state index in [0.717, 1.165) is 34.8 Å². The number of benzene rings is 1. The summed E-state index contributed by atoms with van der Waals surface area (Å²) in [5.74, 6) is 0.207. The molecule has 4 rings (SSSR count). The van der Waals surface area contributed by atoms with E-state index in [1.54, 1.807) is 17.8 Å². The fourth-order valence-electron chi connectivity index (χ4n) is 3.92. The average Bonchev–Trinajstić information content (AvgIpc) is 2.99. The minimum absolute atomic E-state index is 0.204. The SMILES string of the molecule is FC(F)(F)c1ccc2c(c1)[C@H]1OCCC[C@H]1C([C@H]1CC=C(Br)S1)N2. The molecule has 1 fully saturated rings. The number of anilines is 1. The molecule has 4 atom stereocenters. The molecular weight excluding hydrogens is 403 g/mol.